The smallest absolute Gasteiger partial charge is 0.344 e. The number of nitrogens with one attached hydrogen (secondary N) is 1. The number of aryl methyl sites for hydroxylation is 2. The van der Waals surface area contributed by atoms with Crippen LogP contribution in [-0.4, -0.2) is 24.6 Å². The first-order chi connectivity index (χ1) is 12.3. The second kappa shape index (κ2) is 8.42. The highest BCUT2D eigenvalue weighted by molar-refractivity contribution is 5.95. The number of rotatable bonds is 6. The number of esters is 1. The minimum atomic E-state index is -1.17. The van der Waals surface area contributed by atoms with Gasteiger partial charge in [0.1, 0.15) is 17.4 Å². The Balaban J connectivity index is 1.86. The van der Waals surface area contributed by atoms with Gasteiger partial charge in [0, 0.05) is 6.07 Å². The minimum Gasteiger partial charge on any atom is -0.482 e. The number of ether oxygens (including phenoxy) is 2. The molecule has 1 N–H and O–H groups in total. The summed E-state index contributed by atoms with van der Waals surface area (Å²) in [5, 5.41) is 2.23. The van der Waals surface area contributed by atoms with Gasteiger partial charge in [0.25, 0.3) is 5.91 Å². The fraction of sp³-hybridized carbons (Fsp3) is 0.263. The van der Waals surface area contributed by atoms with Gasteiger partial charge in [-0.1, -0.05) is 17.7 Å². The van der Waals surface area contributed by atoms with E-state index in [9.17, 15) is 18.4 Å². The van der Waals surface area contributed by atoms with Crippen molar-refractivity contribution in [3.05, 3.63) is 59.2 Å². The van der Waals surface area contributed by atoms with E-state index in [1.54, 1.807) is 6.07 Å². The van der Waals surface area contributed by atoms with Gasteiger partial charge in [0.05, 0.1) is 5.69 Å². The fourth-order valence-electron chi connectivity index (χ4n) is 2.21. The average Bonchev–Trinajstić information content (AvgIpc) is 2.56. The molecule has 0 fully saturated rings. The van der Waals surface area contributed by atoms with Crippen LogP contribution in [0.25, 0.3) is 0 Å². The highest BCUT2D eigenvalue weighted by atomic mass is 19.1. The van der Waals surface area contributed by atoms with E-state index in [4.69, 9.17) is 9.47 Å². The number of carbonyl (C=O) groups is 2. The highest BCUT2D eigenvalue weighted by Crippen LogP contribution is 2.19. The van der Waals surface area contributed by atoms with Crippen molar-refractivity contribution in [3.63, 3.8) is 0 Å². The first-order valence-electron chi connectivity index (χ1n) is 7.91. The van der Waals surface area contributed by atoms with Crippen LogP contribution < -0.4 is 10.1 Å². The summed E-state index contributed by atoms with van der Waals surface area (Å²) in [6.07, 6.45) is -1.17. The van der Waals surface area contributed by atoms with Gasteiger partial charge in [-0.05, 0) is 44.5 Å². The molecule has 0 radical (unpaired) electrons. The molecule has 0 aliphatic carbocycles. The largest absolute Gasteiger partial charge is 0.482 e. The molecule has 0 spiro atoms. The molecule has 7 heteroatoms. The zero-order chi connectivity index (χ0) is 19.3. The Kier molecular flexibility index (Phi) is 6.27. The van der Waals surface area contributed by atoms with Crippen LogP contribution in [0, 0.1) is 25.5 Å². The third-order valence-electron chi connectivity index (χ3n) is 3.54. The van der Waals surface area contributed by atoms with E-state index in [0.29, 0.717) is 11.8 Å². The monoisotopic (exact) mass is 363 g/mol. The maximum atomic E-state index is 13.5. The fourth-order valence-corrected chi connectivity index (χ4v) is 2.21. The van der Waals surface area contributed by atoms with Crippen LogP contribution in [-0.2, 0) is 14.3 Å². The molecular weight excluding hydrogens is 344 g/mol. The Morgan fingerprint density at radius 1 is 1.12 bits per heavy atom. The van der Waals surface area contributed by atoms with Crippen molar-refractivity contribution in [2.45, 2.75) is 26.9 Å². The zero-order valence-electron chi connectivity index (χ0n) is 14.6. The van der Waals surface area contributed by atoms with E-state index in [2.05, 4.69) is 5.32 Å². The van der Waals surface area contributed by atoms with Gasteiger partial charge in [-0.3, -0.25) is 4.79 Å². The lowest BCUT2D eigenvalue weighted by Gasteiger charge is -2.15. The molecule has 0 unspecified atom stereocenters. The standard InChI is InChI=1S/C19H19F2NO4/c1-11-4-7-17(12(2)8-11)25-10-18(23)26-13(3)19(24)22-16-6-5-14(20)9-15(16)21/h4-9,13H,10H2,1-3H3,(H,22,24)/t13-/m0/s1. The first-order valence-corrected chi connectivity index (χ1v) is 7.91. The molecule has 26 heavy (non-hydrogen) atoms. The third-order valence-corrected chi connectivity index (χ3v) is 3.54. The molecule has 0 saturated carbocycles. The zero-order valence-corrected chi connectivity index (χ0v) is 14.6. The molecule has 0 heterocycles. The molecule has 1 atom stereocenters. The van der Waals surface area contributed by atoms with Crippen LogP contribution in [0.4, 0.5) is 14.5 Å². The number of benzene rings is 2. The topological polar surface area (TPSA) is 64.6 Å². The van der Waals surface area contributed by atoms with Gasteiger partial charge in [-0.2, -0.15) is 0 Å². The summed E-state index contributed by atoms with van der Waals surface area (Å²) in [6, 6.07) is 8.23. The lowest BCUT2D eigenvalue weighted by Crippen LogP contribution is -2.32. The average molecular weight is 363 g/mol. The molecule has 0 aliphatic rings. The number of halogens is 2. The van der Waals surface area contributed by atoms with Crippen molar-refractivity contribution < 1.29 is 27.8 Å². The van der Waals surface area contributed by atoms with E-state index in [0.717, 1.165) is 23.3 Å². The predicted octanol–water partition coefficient (Wildman–Crippen LogP) is 3.53. The van der Waals surface area contributed by atoms with E-state index in [-0.39, 0.29) is 12.3 Å². The van der Waals surface area contributed by atoms with Crippen molar-refractivity contribution in [3.8, 4) is 5.75 Å². The molecule has 138 valence electrons. The lowest BCUT2D eigenvalue weighted by atomic mass is 10.1. The highest BCUT2D eigenvalue weighted by Gasteiger charge is 2.19. The summed E-state index contributed by atoms with van der Waals surface area (Å²) in [5.41, 5.74) is 1.73. The van der Waals surface area contributed by atoms with Crippen LogP contribution in [0.3, 0.4) is 0 Å². The molecule has 0 saturated heterocycles. The molecule has 2 aromatic carbocycles. The predicted molar refractivity (Wildman–Crippen MR) is 92.0 cm³/mol. The van der Waals surface area contributed by atoms with Crippen LogP contribution >= 0.6 is 0 Å². The van der Waals surface area contributed by atoms with Crippen LogP contribution in [0.1, 0.15) is 18.1 Å². The van der Waals surface area contributed by atoms with Gasteiger partial charge in [-0.15, -0.1) is 0 Å². The van der Waals surface area contributed by atoms with Crippen molar-refractivity contribution >= 4 is 17.6 Å². The second-order valence-corrected chi connectivity index (χ2v) is 5.80. The normalized spacial score (nSPS) is 11.6. The number of hydrogen-bond donors (Lipinski definition) is 1. The molecular formula is C19H19F2NO4. The second-order valence-electron chi connectivity index (χ2n) is 5.80. The third kappa shape index (κ3) is 5.27. The van der Waals surface area contributed by atoms with Crippen LogP contribution in [0.5, 0.6) is 5.75 Å². The number of anilines is 1. The van der Waals surface area contributed by atoms with Crippen molar-refractivity contribution in [1.29, 1.82) is 0 Å². The molecule has 0 bridgehead atoms. The molecule has 5 nitrogen and oxygen atoms in total. The van der Waals surface area contributed by atoms with Crippen LogP contribution in [0.15, 0.2) is 36.4 Å². The SMILES string of the molecule is Cc1ccc(OCC(=O)O[C@@H](C)C(=O)Nc2ccc(F)cc2F)c(C)c1. The summed E-state index contributed by atoms with van der Waals surface area (Å²) in [6.45, 7) is 4.76. The minimum absolute atomic E-state index is 0.203. The lowest BCUT2D eigenvalue weighted by molar-refractivity contribution is -0.155. The molecule has 1 amide bonds. The van der Waals surface area contributed by atoms with E-state index < -0.39 is 29.6 Å². The van der Waals surface area contributed by atoms with Gasteiger partial charge in [-0.25, -0.2) is 13.6 Å². The van der Waals surface area contributed by atoms with Gasteiger partial charge < -0.3 is 14.8 Å². The van der Waals surface area contributed by atoms with E-state index in [1.807, 2.05) is 26.0 Å². The van der Waals surface area contributed by atoms with Gasteiger partial charge in [0.15, 0.2) is 12.7 Å². The summed E-state index contributed by atoms with van der Waals surface area (Å²) >= 11 is 0. The first kappa shape index (κ1) is 19.4. The summed E-state index contributed by atoms with van der Waals surface area (Å²) < 4.78 is 36.7. The van der Waals surface area contributed by atoms with E-state index >= 15 is 0 Å². The number of carbonyl (C=O) groups excluding carboxylic acids is 2. The molecule has 0 aromatic heterocycles. The Labute approximate surface area is 149 Å². The summed E-state index contributed by atoms with van der Waals surface area (Å²) in [4.78, 5) is 23.8. The maximum absolute atomic E-state index is 13.5. The Morgan fingerprint density at radius 2 is 1.85 bits per heavy atom. The van der Waals surface area contributed by atoms with Crippen molar-refractivity contribution in [2.24, 2.45) is 0 Å². The van der Waals surface area contributed by atoms with E-state index in [1.165, 1.54) is 6.92 Å². The van der Waals surface area contributed by atoms with Crippen molar-refractivity contribution in [2.75, 3.05) is 11.9 Å². The Bertz CT molecular complexity index is 823. The Hall–Kier alpha value is -2.96. The molecule has 2 aromatic rings. The Morgan fingerprint density at radius 3 is 2.50 bits per heavy atom. The molecule has 2 rings (SSSR count). The van der Waals surface area contributed by atoms with Crippen molar-refractivity contribution in [1.82, 2.24) is 0 Å². The molecule has 0 aliphatic heterocycles. The van der Waals surface area contributed by atoms with Crippen LogP contribution in [0.2, 0.25) is 0 Å². The quantitative estimate of drug-likeness (QED) is 0.798. The number of hydrogen-bond acceptors (Lipinski definition) is 4. The number of amides is 1. The summed E-state index contributed by atoms with van der Waals surface area (Å²) in [5.74, 6) is -2.63. The van der Waals surface area contributed by atoms with Gasteiger partial charge in [0.2, 0.25) is 0 Å². The van der Waals surface area contributed by atoms with Gasteiger partial charge >= 0.3 is 5.97 Å². The summed E-state index contributed by atoms with van der Waals surface area (Å²) in [7, 11) is 0. The maximum Gasteiger partial charge on any atom is 0.344 e.